The average Bonchev–Trinajstić information content (AvgIpc) is 2.74. The maximum Gasteiger partial charge on any atom is 0.416 e. The van der Waals surface area contributed by atoms with Crippen LogP contribution < -0.4 is 10.2 Å². The first-order valence-corrected chi connectivity index (χ1v) is 10.6. The topological polar surface area (TPSA) is 52.7 Å². The number of carbonyl (C=O) groups excluding carboxylic acids is 2. The van der Waals surface area contributed by atoms with Gasteiger partial charge >= 0.3 is 6.18 Å². The van der Waals surface area contributed by atoms with Crippen LogP contribution in [0, 0.1) is 5.82 Å². The van der Waals surface area contributed by atoms with E-state index in [4.69, 9.17) is 0 Å². The van der Waals surface area contributed by atoms with Crippen molar-refractivity contribution in [3.63, 3.8) is 0 Å². The maximum atomic E-state index is 13.1. The van der Waals surface area contributed by atoms with E-state index in [0.29, 0.717) is 31.1 Å². The predicted molar refractivity (Wildman–Crippen MR) is 110 cm³/mol. The number of piperazine rings is 1. The van der Waals surface area contributed by atoms with Crippen molar-refractivity contribution in [2.24, 2.45) is 0 Å². The zero-order valence-electron chi connectivity index (χ0n) is 16.3. The number of amides is 2. The maximum absolute atomic E-state index is 13.1. The normalized spacial score (nSPS) is 19.1. The minimum atomic E-state index is -4.49. The molecule has 0 aliphatic carbocycles. The van der Waals surface area contributed by atoms with Gasteiger partial charge in [-0.1, -0.05) is 0 Å². The third-order valence-corrected chi connectivity index (χ3v) is 6.59. The molecule has 2 aromatic rings. The number of anilines is 2. The summed E-state index contributed by atoms with van der Waals surface area (Å²) < 4.78 is 51.7. The summed E-state index contributed by atoms with van der Waals surface area (Å²) in [5.41, 5.74) is 0.160. The molecule has 2 aliphatic heterocycles. The summed E-state index contributed by atoms with van der Waals surface area (Å²) in [7, 11) is 0. The van der Waals surface area contributed by atoms with Crippen LogP contribution in [0.1, 0.15) is 12.0 Å². The Morgan fingerprint density at radius 1 is 1.06 bits per heavy atom. The van der Waals surface area contributed by atoms with Gasteiger partial charge in [-0.25, -0.2) is 4.39 Å². The molecule has 1 fully saturated rings. The Labute approximate surface area is 180 Å². The molecule has 5 nitrogen and oxygen atoms in total. The van der Waals surface area contributed by atoms with Crippen LogP contribution in [-0.4, -0.2) is 48.1 Å². The van der Waals surface area contributed by atoms with Crippen LogP contribution in [0.2, 0.25) is 0 Å². The second-order valence-corrected chi connectivity index (χ2v) is 8.60. The number of nitrogens with zero attached hydrogens (tertiary/aromatic N) is 2. The monoisotopic (exact) mass is 453 g/mol. The fraction of sp³-hybridized carbons (Fsp3) is 0.333. The smallest absolute Gasteiger partial charge is 0.368 e. The van der Waals surface area contributed by atoms with Gasteiger partial charge in [-0.15, -0.1) is 11.8 Å². The summed E-state index contributed by atoms with van der Waals surface area (Å²) in [5, 5.41) is 1.79. The Morgan fingerprint density at radius 3 is 2.39 bits per heavy atom. The van der Waals surface area contributed by atoms with Gasteiger partial charge in [0.15, 0.2) is 0 Å². The lowest BCUT2D eigenvalue weighted by Crippen LogP contribution is -2.49. The number of benzene rings is 2. The van der Waals surface area contributed by atoms with Gasteiger partial charge in [0.25, 0.3) is 0 Å². The molecule has 0 saturated carbocycles. The van der Waals surface area contributed by atoms with Gasteiger partial charge in [0, 0.05) is 43.2 Å². The second kappa shape index (κ2) is 8.41. The highest BCUT2D eigenvalue weighted by atomic mass is 32.2. The molecule has 1 unspecified atom stereocenters. The zero-order valence-corrected chi connectivity index (χ0v) is 17.1. The molecule has 4 rings (SSSR count). The van der Waals surface area contributed by atoms with Crippen LogP contribution in [-0.2, 0) is 15.8 Å². The number of hydrogen-bond acceptors (Lipinski definition) is 4. The number of alkyl halides is 3. The van der Waals surface area contributed by atoms with Crippen molar-refractivity contribution in [2.75, 3.05) is 36.4 Å². The van der Waals surface area contributed by atoms with Gasteiger partial charge < -0.3 is 15.1 Å². The molecule has 1 N–H and O–H groups in total. The summed E-state index contributed by atoms with van der Waals surface area (Å²) in [5.74, 6) is -0.964. The molecule has 2 amide bonds. The Kier molecular flexibility index (Phi) is 5.83. The Hall–Kier alpha value is -2.75. The highest BCUT2D eigenvalue weighted by Crippen LogP contribution is 2.40. The number of fused-ring (bicyclic) bond motifs is 1. The first-order valence-electron chi connectivity index (χ1n) is 9.68. The van der Waals surface area contributed by atoms with E-state index in [1.54, 1.807) is 17.0 Å². The number of carbonyl (C=O) groups is 2. The van der Waals surface area contributed by atoms with Crippen molar-refractivity contribution in [1.29, 1.82) is 0 Å². The van der Waals surface area contributed by atoms with Gasteiger partial charge in [-0.05, 0) is 42.5 Å². The summed E-state index contributed by atoms with van der Waals surface area (Å²) in [6.45, 7) is 2.12. The van der Waals surface area contributed by atoms with E-state index in [2.05, 4.69) is 10.2 Å². The first-order chi connectivity index (χ1) is 14.7. The van der Waals surface area contributed by atoms with Gasteiger partial charge in [0.2, 0.25) is 11.8 Å². The number of rotatable bonds is 3. The fourth-order valence-corrected chi connectivity index (χ4v) is 4.70. The molecule has 2 aliphatic rings. The van der Waals surface area contributed by atoms with Crippen LogP contribution in [0.15, 0.2) is 47.4 Å². The van der Waals surface area contributed by atoms with Crippen molar-refractivity contribution in [3.05, 3.63) is 53.8 Å². The molecule has 0 bridgehead atoms. The van der Waals surface area contributed by atoms with Crippen molar-refractivity contribution in [2.45, 2.75) is 22.7 Å². The minimum Gasteiger partial charge on any atom is -0.368 e. The molecular formula is C21H19F4N3O2S. The van der Waals surface area contributed by atoms with Crippen molar-refractivity contribution in [3.8, 4) is 0 Å². The van der Waals surface area contributed by atoms with E-state index >= 15 is 0 Å². The largest absolute Gasteiger partial charge is 0.416 e. The quantitative estimate of drug-likeness (QED) is 0.714. The van der Waals surface area contributed by atoms with Crippen LogP contribution >= 0.6 is 11.8 Å². The van der Waals surface area contributed by atoms with E-state index in [1.165, 1.54) is 18.2 Å². The van der Waals surface area contributed by atoms with Crippen LogP contribution in [0.4, 0.5) is 28.9 Å². The summed E-state index contributed by atoms with van der Waals surface area (Å²) >= 11 is 1.10. The minimum absolute atomic E-state index is 0.0342. The van der Waals surface area contributed by atoms with Crippen LogP contribution in [0.5, 0.6) is 0 Å². The summed E-state index contributed by atoms with van der Waals surface area (Å²) in [4.78, 5) is 29.3. The van der Waals surface area contributed by atoms with E-state index in [0.717, 1.165) is 29.6 Å². The highest BCUT2D eigenvalue weighted by molar-refractivity contribution is 8.01. The van der Waals surface area contributed by atoms with Crippen molar-refractivity contribution in [1.82, 2.24) is 4.90 Å². The number of nitrogens with one attached hydrogen (secondary N) is 1. The van der Waals surface area contributed by atoms with Gasteiger partial charge in [-0.2, -0.15) is 13.2 Å². The number of hydrogen-bond donors (Lipinski definition) is 1. The van der Waals surface area contributed by atoms with E-state index in [9.17, 15) is 27.2 Å². The van der Waals surface area contributed by atoms with Gasteiger partial charge in [0.1, 0.15) is 5.82 Å². The molecular weight excluding hydrogens is 434 g/mol. The van der Waals surface area contributed by atoms with E-state index < -0.39 is 22.9 Å². The molecule has 2 heterocycles. The Balaban J connectivity index is 1.35. The molecule has 164 valence electrons. The predicted octanol–water partition coefficient (Wildman–Crippen LogP) is 4.00. The molecule has 0 spiro atoms. The zero-order chi connectivity index (χ0) is 22.2. The first kappa shape index (κ1) is 21.5. The van der Waals surface area contributed by atoms with E-state index in [-0.39, 0.29) is 23.8 Å². The lowest BCUT2D eigenvalue weighted by Gasteiger charge is -2.36. The molecule has 0 aromatic heterocycles. The molecule has 2 aromatic carbocycles. The average molecular weight is 453 g/mol. The molecule has 10 heteroatoms. The second-order valence-electron chi connectivity index (χ2n) is 7.35. The standard InChI is InChI=1S/C21H19F4N3O2S/c22-14-2-4-15(5-3-14)27-7-9-28(10-8-27)19(29)12-18-20(30)26-16-11-13(21(23,24)25)1-6-17(16)31-18/h1-6,11,18H,7-10,12H2,(H,26,30). The summed E-state index contributed by atoms with van der Waals surface area (Å²) in [6.07, 6.45) is -4.53. The Bertz CT molecular complexity index is 989. The molecule has 0 radical (unpaired) electrons. The molecule has 1 atom stereocenters. The van der Waals surface area contributed by atoms with Crippen molar-refractivity contribution >= 4 is 35.0 Å². The third kappa shape index (κ3) is 4.79. The number of thioether (sulfide) groups is 1. The third-order valence-electron chi connectivity index (χ3n) is 5.31. The van der Waals surface area contributed by atoms with E-state index in [1.807, 2.05) is 0 Å². The summed E-state index contributed by atoms with van der Waals surface area (Å²) in [6, 6.07) is 9.36. The molecule has 31 heavy (non-hydrogen) atoms. The van der Waals surface area contributed by atoms with Crippen LogP contribution in [0.25, 0.3) is 0 Å². The van der Waals surface area contributed by atoms with Crippen molar-refractivity contribution < 1.29 is 27.2 Å². The SMILES string of the molecule is O=C1Nc2cc(C(F)(F)F)ccc2SC1CC(=O)N1CCN(c2ccc(F)cc2)CC1. The Morgan fingerprint density at radius 2 is 1.74 bits per heavy atom. The van der Waals surface area contributed by atoms with Crippen LogP contribution in [0.3, 0.4) is 0 Å². The fourth-order valence-electron chi connectivity index (χ4n) is 3.61. The van der Waals surface area contributed by atoms with Gasteiger partial charge in [0.05, 0.1) is 16.5 Å². The molecule has 1 saturated heterocycles. The lowest BCUT2D eigenvalue weighted by molar-refractivity contribution is -0.137. The van der Waals surface area contributed by atoms with Gasteiger partial charge in [-0.3, -0.25) is 9.59 Å². The number of halogens is 4. The lowest BCUT2D eigenvalue weighted by atomic mass is 10.1. The highest BCUT2D eigenvalue weighted by Gasteiger charge is 2.35.